The summed E-state index contributed by atoms with van der Waals surface area (Å²) < 4.78 is 0. The molecule has 0 heterocycles. The third kappa shape index (κ3) is 21.3. The molecule has 334 valence electrons. The van der Waals surface area contributed by atoms with Crippen LogP contribution >= 0.6 is 87.5 Å². The quantitative estimate of drug-likeness (QED) is 0.0845. The van der Waals surface area contributed by atoms with Crippen LogP contribution in [0.2, 0.25) is 0 Å². The summed E-state index contributed by atoms with van der Waals surface area (Å²) in [5.74, 6) is 2.35. The molecule has 64 heavy (non-hydrogen) atoms. The van der Waals surface area contributed by atoms with Gasteiger partial charge < -0.3 is 0 Å². The molecule has 0 bridgehead atoms. The molecule has 0 saturated carbocycles. The first-order valence-corrected chi connectivity index (χ1v) is 38.5. The van der Waals surface area contributed by atoms with Crippen LogP contribution in [0.25, 0.3) is 0 Å². The second kappa shape index (κ2) is 34.3. The van der Waals surface area contributed by atoms with Crippen molar-refractivity contribution in [2.24, 2.45) is 0 Å². The maximum atomic E-state index is 4.97. The van der Waals surface area contributed by atoms with Crippen molar-refractivity contribution in [2.75, 3.05) is 11.8 Å². The number of rotatable bonds is 12. The van der Waals surface area contributed by atoms with Crippen molar-refractivity contribution >= 4 is 130 Å². The van der Waals surface area contributed by atoms with Gasteiger partial charge in [-0.25, -0.2) is 0 Å². The molecule has 0 nitrogen and oxygen atoms in total. The monoisotopic (exact) mass is 1290 g/mol. The van der Waals surface area contributed by atoms with Crippen molar-refractivity contribution in [2.45, 2.75) is 0 Å². The summed E-state index contributed by atoms with van der Waals surface area (Å²) in [6.07, 6.45) is 0. The van der Waals surface area contributed by atoms with E-state index in [4.69, 9.17) is 55.8 Å². The van der Waals surface area contributed by atoms with Gasteiger partial charge in [0.25, 0.3) is 0 Å². The average molecular weight is 1290 g/mol. The maximum Gasteiger partial charge on any atom is 0.00405 e. The molecule has 8 aromatic rings. The minimum absolute atomic E-state index is 0. The van der Waals surface area contributed by atoms with Crippen LogP contribution in [0.4, 0.5) is 0 Å². The summed E-state index contributed by atoms with van der Waals surface area (Å²) in [6, 6.07) is 88.3. The minimum atomic E-state index is -1.92. The Hall–Kier alpha value is -0.0268. The van der Waals surface area contributed by atoms with Crippen LogP contribution in [0.3, 0.4) is 0 Å². The van der Waals surface area contributed by atoms with Gasteiger partial charge in [-0.15, -0.1) is 0 Å². The van der Waals surface area contributed by atoms with Crippen molar-refractivity contribution < 1.29 is 70.2 Å². The molecule has 0 aliphatic carbocycles. The Bertz CT molecular complexity index is 1870. The number of hydrogen-bond donors (Lipinski definition) is 0. The third-order valence-electron chi connectivity index (χ3n) is 9.11. The van der Waals surface area contributed by atoms with Crippen LogP contribution in [-0.4, -0.2) is 11.8 Å². The van der Waals surface area contributed by atoms with Gasteiger partial charge in [0.1, 0.15) is 0 Å². The van der Waals surface area contributed by atoms with Crippen molar-refractivity contribution in [1.29, 1.82) is 0 Å². The standard InChI is InChI=1S/2C25H22P2.6ClH.2Pd.2Ti/c2*1-5-13-22(14-6-1)26(23-15-7-2-8-16-23)21-27(24-17-9-3-10-18-24)25-19-11-4-12-20-25;;;;;;;;;;/h2*1-20H,21H2;6*1H;;;;/q;;;;;;;;;;2*+3/p-6. The van der Waals surface area contributed by atoms with E-state index in [-0.39, 0.29) is 40.8 Å². The van der Waals surface area contributed by atoms with Gasteiger partial charge in [-0.1, -0.05) is 243 Å². The molecule has 0 atom stereocenters. The summed E-state index contributed by atoms with van der Waals surface area (Å²) >= 11 is -3.83. The summed E-state index contributed by atoms with van der Waals surface area (Å²) in [5.41, 5.74) is 0. The fourth-order valence-corrected chi connectivity index (χ4v) is 19.3. The zero-order chi connectivity index (χ0) is 43.8. The van der Waals surface area contributed by atoms with E-state index in [2.05, 4.69) is 243 Å². The number of benzene rings is 8. The fourth-order valence-electron chi connectivity index (χ4n) is 6.40. The van der Waals surface area contributed by atoms with Crippen molar-refractivity contribution in [1.82, 2.24) is 0 Å². The number of halogens is 6. The summed E-state index contributed by atoms with van der Waals surface area (Å²) in [6.45, 7) is 0. The molecule has 0 amide bonds. The molecule has 0 aromatic heterocycles. The van der Waals surface area contributed by atoms with Gasteiger partial charge >= 0.3 is 85.2 Å². The van der Waals surface area contributed by atoms with Gasteiger partial charge in [0.05, 0.1) is 0 Å². The van der Waals surface area contributed by atoms with E-state index in [1.54, 1.807) is 0 Å². The van der Waals surface area contributed by atoms with E-state index in [0.29, 0.717) is 0 Å². The number of hydrogen-bond acceptors (Lipinski definition) is 0. The average Bonchev–Trinajstić information content (AvgIpc) is 3.32. The first kappa shape index (κ1) is 58.3. The van der Waals surface area contributed by atoms with E-state index in [1.165, 1.54) is 54.2 Å². The molecule has 0 radical (unpaired) electrons. The molecule has 8 rings (SSSR count). The van der Waals surface area contributed by atoms with Crippen LogP contribution < -0.4 is 42.4 Å². The van der Waals surface area contributed by atoms with Gasteiger partial charge in [-0.2, -0.15) is 0 Å². The van der Waals surface area contributed by atoms with Crippen LogP contribution in [-0.2, 0) is 70.2 Å². The second-order valence-corrected chi connectivity index (χ2v) is 38.4. The molecule has 0 fully saturated rings. The van der Waals surface area contributed by atoms with Gasteiger partial charge in [0.2, 0.25) is 0 Å². The molecule has 14 heteroatoms. The van der Waals surface area contributed by atoms with E-state index in [9.17, 15) is 0 Å². The van der Waals surface area contributed by atoms with Crippen molar-refractivity contribution in [3.05, 3.63) is 243 Å². The minimum Gasteiger partial charge on any atom is -0.0622 e. The molecule has 0 N–H and O–H groups in total. The normalized spacial score (nSPS) is 10.2. The molecule has 8 aromatic carbocycles. The Labute approximate surface area is 448 Å². The third-order valence-corrected chi connectivity index (χ3v) is 21.0. The van der Waals surface area contributed by atoms with E-state index < -0.39 is 61.1 Å². The molecule has 0 aliphatic rings. The summed E-state index contributed by atoms with van der Waals surface area (Å²) in [5, 5.41) is 11.7. The predicted octanol–water partition coefficient (Wildman–Crippen LogP) is 14.5. The van der Waals surface area contributed by atoms with E-state index in [0.717, 1.165) is 0 Å². The van der Waals surface area contributed by atoms with E-state index in [1.807, 2.05) is 0 Å². The Kier molecular flexibility index (Phi) is 31.2. The van der Waals surface area contributed by atoms with Crippen LogP contribution in [0.15, 0.2) is 243 Å². The van der Waals surface area contributed by atoms with Gasteiger partial charge in [-0.05, 0) is 74.1 Å². The smallest absolute Gasteiger partial charge is 0.00405 e. The van der Waals surface area contributed by atoms with Crippen LogP contribution in [0.5, 0.6) is 0 Å². The summed E-state index contributed by atoms with van der Waals surface area (Å²) in [7, 11) is 28.2. The molecule has 0 spiro atoms. The molecule has 0 aliphatic heterocycles. The zero-order valence-electron chi connectivity index (χ0n) is 34.2. The van der Waals surface area contributed by atoms with Crippen molar-refractivity contribution in [3.8, 4) is 0 Å². The first-order chi connectivity index (χ1) is 30.3. The van der Waals surface area contributed by atoms with Crippen LogP contribution in [0, 0.1) is 0 Å². The Morgan fingerprint density at radius 2 is 0.312 bits per heavy atom. The van der Waals surface area contributed by atoms with Gasteiger partial charge in [-0.3, -0.25) is 0 Å². The second-order valence-electron chi connectivity index (χ2n) is 13.1. The summed E-state index contributed by atoms with van der Waals surface area (Å²) in [4.78, 5) is 0. The Morgan fingerprint density at radius 1 is 0.219 bits per heavy atom. The van der Waals surface area contributed by atoms with Crippen molar-refractivity contribution in [3.63, 3.8) is 0 Å². The Morgan fingerprint density at radius 3 is 0.406 bits per heavy atom. The molecule has 0 unspecified atom stereocenters. The molecule has 0 saturated heterocycles. The van der Waals surface area contributed by atoms with Crippen LogP contribution in [0.1, 0.15) is 0 Å². The molecular weight excluding hydrogens is 1250 g/mol. The molecular formula is C50H44Cl6P4Pd2Ti2. The SMILES string of the molecule is [Cl][Ti]([Cl])[Cl].[Cl][Ti]([Cl])[Cl].[Pd].[Pd].c1ccc(P(CP(c2ccccc2)c2ccccc2)c2ccccc2)cc1.c1ccc(P(CP(c2ccccc2)c2ccccc2)c2ccccc2)cc1. The first-order valence-electron chi connectivity index (χ1n) is 19.5. The Balaban J connectivity index is 0.000000284. The zero-order valence-corrected chi connectivity index (χ0v) is 48.5. The fraction of sp³-hybridized carbons (Fsp3) is 0.0400. The largest absolute Gasteiger partial charge is 0.0622 e. The predicted molar refractivity (Wildman–Crippen MR) is 281 cm³/mol. The van der Waals surface area contributed by atoms with E-state index >= 15 is 0 Å². The van der Waals surface area contributed by atoms with Gasteiger partial charge in [0, 0.05) is 52.7 Å². The topological polar surface area (TPSA) is 0 Å². The van der Waals surface area contributed by atoms with Gasteiger partial charge in [0.15, 0.2) is 0 Å². The maximum absolute atomic E-state index is 4.97.